The summed E-state index contributed by atoms with van der Waals surface area (Å²) < 4.78 is 23.3. The van der Waals surface area contributed by atoms with Crippen LogP contribution in [0, 0.1) is 5.41 Å². The molecular formula is C6H10N4O2S. The lowest BCUT2D eigenvalue weighted by atomic mass is 10.6. The first kappa shape index (κ1) is 9.72. The van der Waals surface area contributed by atoms with E-state index in [-0.39, 0.29) is 17.3 Å². The van der Waals surface area contributed by atoms with Gasteiger partial charge in [-0.15, -0.1) is 0 Å². The zero-order valence-corrected chi connectivity index (χ0v) is 7.87. The van der Waals surface area contributed by atoms with E-state index in [9.17, 15) is 8.42 Å². The molecule has 0 saturated heterocycles. The van der Waals surface area contributed by atoms with Crippen LogP contribution in [0.15, 0.2) is 17.3 Å². The van der Waals surface area contributed by atoms with Gasteiger partial charge in [-0.2, -0.15) is 5.10 Å². The standard InChI is InChI=1S/C6H10N4O2S/c1-13(11,12)5-2-9-10(3-5)4-6(7)8/h2-3H,4H2,1H3,(H3,7,8). The minimum absolute atomic E-state index is 0.0665. The van der Waals surface area contributed by atoms with Crippen LogP contribution < -0.4 is 5.73 Å². The van der Waals surface area contributed by atoms with Gasteiger partial charge in [-0.3, -0.25) is 10.1 Å². The van der Waals surface area contributed by atoms with Crippen molar-refractivity contribution in [2.45, 2.75) is 11.4 Å². The van der Waals surface area contributed by atoms with Gasteiger partial charge in [0.1, 0.15) is 10.7 Å². The van der Waals surface area contributed by atoms with E-state index in [1.807, 2.05) is 0 Å². The monoisotopic (exact) mass is 202 g/mol. The molecule has 0 aromatic carbocycles. The van der Waals surface area contributed by atoms with E-state index >= 15 is 0 Å². The number of nitrogens with two attached hydrogens (primary N) is 1. The molecule has 0 aliphatic rings. The number of nitrogens with zero attached hydrogens (tertiary/aromatic N) is 2. The smallest absolute Gasteiger partial charge is 0.178 e. The largest absolute Gasteiger partial charge is 0.386 e. The highest BCUT2D eigenvalue weighted by Gasteiger charge is 2.09. The van der Waals surface area contributed by atoms with Gasteiger partial charge in [0, 0.05) is 12.5 Å². The molecule has 0 bridgehead atoms. The van der Waals surface area contributed by atoms with Crippen molar-refractivity contribution in [3.05, 3.63) is 12.4 Å². The molecule has 0 saturated carbocycles. The summed E-state index contributed by atoms with van der Waals surface area (Å²) in [5.74, 6) is -0.0665. The van der Waals surface area contributed by atoms with Crippen LogP contribution in [-0.4, -0.2) is 30.3 Å². The molecule has 0 amide bonds. The summed E-state index contributed by atoms with van der Waals surface area (Å²) in [6.07, 6.45) is 3.68. The van der Waals surface area contributed by atoms with Gasteiger partial charge in [-0.05, 0) is 0 Å². The fourth-order valence-electron chi connectivity index (χ4n) is 0.797. The lowest BCUT2D eigenvalue weighted by molar-refractivity contribution is 0.601. The molecule has 0 spiro atoms. The van der Waals surface area contributed by atoms with Crippen LogP contribution in [0.1, 0.15) is 0 Å². The maximum atomic E-state index is 11.0. The summed E-state index contributed by atoms with van der Waals surface area (Å²) in [6, 6.07) is 0. The first-order valence-electron chi connectivity index (χ1n) is 3.45. The molecule has 0 aliphatic heterocycles. The molecule has 1 aromatic rings. The van der Waals surface area contributed by atoms with Gasteiger partial charge in [0.25, 0.3) is 0 Å². The lowest BCUT2D eigenvalue weighted by Crippen LogP contribution is -2.18. The summed E-state index contributed by atoms with van der Waals surface area (Å²) in [6.45, 7) is 0.107. The topological polar surface area (TPSA) is 102 Å². The van der Waals surface area contributed by atoms with E-state index in [2.05, 4.69) is 5.10 Å². The summed E-state index contributed by atoms with van der Waals surface area (Å²) in [7, 11) is -3.21. The number of hydrogen-bond donors (Lipinski definition) is 2. The van der Waals surface area contributed by atoms with Crippen LogP contribution in [-0.2, 0) is 16.4 Å². The predicted octanol–water partition coefficient (Wildman–Crippen LogP) is -0.777. The molecule has 3 N–H and O–H groups in total. The quantitative estimate of drug-likeness (QED) is 0.496. The molecule has 13 heavy (non-hydrogen) atoms. The second-order valence-corrected chi connectivity index (χ2v) is 4.69. The van der Waals surface area contributed by atoms with Gasteiger partial charge in [-0.25, -0.2) is 8.42 Å². The van der Waals surface area contributed by atoms with Gasteiger partial charge < -0.3 is 5.73 Å². The maximum Gasteiger partial charge on any atom is 0.178 e. The molecular weight excluding hydrogens is 192 g/mol. The van der Waals surface area contributed by atoms with Crippen molar-refractivity contribution >= 4 is 15.7 Å². The van der Waals surface area contributed by atoms with E-state index < -0.39 is 9.84 Å². The number of amidine groups is 1. The molecule has 0 radical (unpaired) electrons. The zero-order chi connectivity index (χ0) is 10.1. The summed E-state index contributed by atoms with van der Waals surface area (Å²) in [5, 5.41) is 10.7. The zero-order valence-electron chi connectivity index (χ0n) is 7.06. The highest BCUT2D eigenvalue weighted by Crippen LogP contribution is 2.05. The van der Waals surface area contributed by atoms with Crippen molar-refractivity contribution < 1.29 is 8.42 Å². The molecule has 1 aromatic heterocycles. The van der Waals surface area contributed by atoms with Crippen LogP contribution in [0.4, 0.5) is 0 Å². The van der Waals surface area contributed by atoms with Crippen LogP contribution >= 0.6 is 0 Å². The van der Waals surface area contributed by atoms with Crippen LogP contribution in [0.3, 0.4) is 0 Å². The third kappa shape index (κ3) is 2.55. The summed E-state index contributed by atoms with van der Waals surface area (Å²) >= 11 is 0. The van der Waals surface area contributed by atoms with Crippen LogP contribution in [0.2, 0.25) is 0 Å². The number of rotatable bonds is 3. The minimum atomic E-state index is -3.21. The lowest BCUT2D eigenvalue weighted by Gasteiger charge is -1.96. The Balaban J connectivity index is 2.94. The number of hydrogen-bond acceptors (Lipinski definition) is 4. The Morgan fingerprint density at radius 3 is 2.77 bits per heavy atom. The fraction of sp³-hybridized carbons (Fsp3) is 0.333. The Morgan fingerprint density at radius 1 is 1.77 bits per heavy atom. The number of aromatic nitrogens is 2. The Labute approximate surface area is 75.8 Å². The first-order chi connectivity index (χ1) is 5.89. The molecule has 0 unspecified atom stereocenters. The molecule has 7 heteroatoms. The molecule has 0 atom stereocenters. The Bertz CT molecular complexity index is 420. The highest BCUT2D eigenvalue weighted by atomic mass is 32.2. The number of sulfone groups is 1. The summed E-state index contributed by atoms with van der Waals surface area (Å²) in [5.41, 5.74) is 5.12. The van der Waals surface area contributed by atoms with Crippen molar-refractivity contribution in [2.75, 3.05) is 6.26 Å². The van der Waals surface area contributed by atoms with Gasteiger partial charge in [0.2, 0.25) is 0 Å². The van der Waals surface area contributed by atoms with Crippen molar-refractivity contribution in [3.63, 3.8) is 0 Å². The van der Waals surface area contributed by atoms with Gasteiger partial charge in [0.05, 0.1) is 12.7 Å². The molecule has 6 nitrogen and oxygen atoms in total. The van der Waals surface area contributed by atoms with Crippen LogP contribution in [0.25, 0.3) is 0 Å². The molecule has 1 rings (SSSR count). The Hall–Kier alpha value is -1.37. The second-order valence-electron chi connectivity index (χ2n) is 2.67. The highest BCUT2D eigenvalue weighted by molar-refractivity contribution is 7.90. The van der Waals surface area contributed by atoms with Crippen molar-refractivity contribution in [3.8, 4) is 0 Å². The normalized spacial score (nSPS) is 11.5. The number of nitrogens with one attached hydrogen (secondary N) is 1. The van der Waals surface area contributed by atoms with Gasteiger partial charge in [-0.1, -0.05) is 0 Å². The third-order valence-corrected chi connectivity index (χ3v) is 2.44. The van der Waals surface area contributed by atoms with E-state index in [0.29, 0.717) is 0 Å². The van der Waals surface area contributed by atoms with E-state index in [1.165, 1.54) is 17.1 Å². The van der Waals surface area contributed by atoms with E-state index in [0.717, 1.165) is 6.26 Å². The Morgan fingerprint density at radius 2 is 2.38 bits per heavy atom. The van der Waals surface area contributed by atoms with Gasteiger partial charge in [0.15, 0.2) is 9.84 Å². The summed E-state index contributed by atoms with van der Waals surface area (Å²) in [4.78, 5) is 0.133. The average molecular weight is 202 g/mol. The van der Waals surface area contributed by atoms with Crippen molar-refractivity contribution in [2.24, 2.45) is 5.73 Å². The van der Waals surface area contributed by atoms with Gasteiger partial charge >= 0.3 is 0 Å². The van der Waals surface area contributed by atoms with Crippen molar-refractivity contribution in [1.29, 1.82) is 5.41 Å². The van der Waals surface area contributed by atoms with E-state index in [1.54, 1.807) is 0 Å². The minimum Gasteiger partial charge on any atom is -0.386 e. The Kier molecular flexibility index (Phi) is 2.37. The molecule has 1 heterocycles. The molecule has 72 valence electrons. The van der Waals surface area contributed by atoms with E-state index in [4.69, 9.17) is 11.1 Å². The maximum absolute atomic E-state index is 11.0. The van der Waals surface area contributed by atoms with Crippen LogP contribution in [0.5, 0.6) is 0 Å². The first-order valence-corrected chi connectivity index (χ1v) is 5.34. The fourth-order valence-corrected chi connectivity index (χ4v) is 1.35. The molecule has 0 aliphatic carbocycles. The predicted molar refractivity (Wildman–Crippen MR) is 47.3 cm³/mol. The molecule has 0 fully saturated rings. The average Bonchev–Trinajstić information content (AvgIpc) is 2.32. The third-order valence-electron chi connectivity index (χ3n) is 1.37. The second kappa shape index (κ2) is 3.17. The van der Waals surface area contributed by atoms with Crippen molar-refractivity contribution in [1.82, 2.24) is 9.78 Å². The SMILES string of the molecule is CS(=O)(=O)c1cnn(CC(=N)N)c1.